The van der Waals surface area contributed by atoms with Gasteiger partial charge in [-0.2, -0.15) is 5.10 Å². The maximum atomic E-state index is 12.7. The van der Waals surface area contributed by atoms with Crippen LogP contribution in [0.5, 0.6) is 0 Å². The van der Waals surface area contributed by atoms with Gasteiger partial charge in [-0.15, -0.1) is 0 Å². The number of anilines is 2. The molecule has 1 aromatic carbocycles. The van der Waals surface area contributed by atoms with Crippen molar-refractivity contribution < 1.29 is 18.4 Å². The molecule has 0 atom stereocenters. The van der Waals surface area contributed by atoms with Crippen LogP contribution in [0.3, 0.4) is 0 Å². The quantitative estimate of drug-likeness (QED) is 0.862. The summed E-state index contributed by atoms with van der Waals surface area (Å²) in [4.78, 5) is 22.9. The monoisotopic (exact) mass is 356 g/mol. The molecule has 24 heavy (non-hydrogen) atoms. The van der Waals surface area contributed by atoms with E-state index in [1.165, 1.54) is 13.8 Å². The highest BCUT2D eigenvalue weighted by Gasteiger charge is 2.21. The van der Waals surface area contributed by atoms with Crippen molar-refractivity contribution in [3.8, 4) is 0 Å². The second-order valence-corrected chi connectivity index (χ2v) is 5.43. The number of amides is 2. The summed E-state index contributed by atoms with van der Waals surface area (Å²) in [5.41, 5.74) is 0.848. The molecule has 1 heterocycles. The number of hydrogen-bond donors (Lipinski definition) is 2. The lowest BCUT2D eigenvalue weighted by molar-refractivity contribution is -0.117. The van der Waals surface area contributed by atoms with Crippen LogP contribution in [0.2, 0.25) is 5.02 Å². The molecule has 2 N–H and O–H groups in total. The Morgan fingerprint density at radius 2 is 1.75 bits per heavy atom. The van der Waals surface area contributed by atoms with Crippen molar-refractivity contribution in [2.24, 2.45) is 0 Å². The maximum absolute atomic E-state index is 12.7. The number of alkyl halides is 2. The smallest absolute Gasteiger partial charge is 0.283 e. The van der Waals surface area contributed by atoms with Gasteiger partial charge in [-0.1, -0.05) is 11.6 Å². The van der Waals surface area contributed by atoms with Gasteiger partial charge in [-0.3, -0.25) is 14.3 Å². The van der Waals surface area contributed by atoms with Gasteiger partial charge in [0.25, 0.3) is 6.43 Å². The van der Waals surface area contributed by atoms with Crippen LogP contribution in [-0.4, -0.2) is 21.6 Å². The number of benzene rings is 1. The molecule has 0 aliphatic rings. The van der Waals surface area contributed by atoms with Gasteiger partial charge >= 0.3 is 0 Å². The van der Waals surface area contributed by atoms with Crippen LogP contribution >= 0.6 is 11.6 Å². The Morgan fingerprint density at radius 3 is 2.21 bits per heavy atom. The molecule has 0 bridgehead atoms. The van der Waals surface area contributed by atoms with Gasteiger partial charge < -0.3 is 10.6 Å². The van der Waals surface area contributed by atoms with E-state index in [9.17, 15) is 18.4 Å². The fraction of sp³-hybridized carbons (Fsp3) is 0.267. The largest absolute Gasteiger partial charge is 0.326 e. The number of nitrogens with one attached hydrogen (secondary N) is 2. The summed E-state index contributed by atoms with van der Waals surface area (Å²) in [5, 5.41) is 8.74. The molecule has 2 amide bonds. The molecule has 0 spiro atoms. The summed E-state index contributed by atoms with van der Waals surface area (Å²) in [5.74, 6) is -0.641. The SMILES string of the molecule is CC(=O)Nc1ccc(NC(=O)Cn2nc(C(F)F)c(Cl)c2C)cc1. The molecule has 6 nitrogen and oxygen atoms in total. The number of rotatable bonds is 5. The van der Waals surface area contributed by atoms with Gasteiger partial charge in [-0.05, 0) is 31.2 Å². The predicted octanol–water partition coefficient (Wildman–Crippen LogP) is 3.38. The minimum Gasteiger partial charge on any atom is -0.326 e. The number of carbonyl (C=O) groups is 2. The van der Waals surface area contributed by atoms with Crippen LogP contribution in [0.15, 0.2) is 24.3 Å². The topological polar surface area (TPSA) is 76.0 Å². The van der Waals surface area contributed by atoms with E-state index < -0.39 is 18.0 Å². The molecular formula is C15H15ClF2N4O2. The molecule has 0 aliphatic carbocycles. The van der Waals surface area contributed by atoms with E-state index in [1.54, 1.807) is 24.3 Å². The van der Waals surface area contributed by atoms with Crippen LogP contribution in [0.1, 0.15) is 24.7 Å². The third-order valence-corrected chi connectivity index (χ3v) is 3.61. The number of nitrogens with zero attached hydrogens (tertiary/aromatic N) is 2. The molecule has 2 aromatic rings. The lowest BCUT2D eigenvalue weighted by Crippen LogP contribution is -2.20. The van der Waals surface area contributed by atoms with Crippen molar-refractivity contribution >= 4 is 34.8 Å². The van der Waals surface area contributed by atoms with Crippen molar-refractivity contribution in [1.29, 1.82) is 0 Å². The zero-order valence-corrected chi connectivity index (χ0v) is 13.7. The molecule has 9 heteroatoms. The zero-order valence-electron chi connectivity index (χ0n) is 12.9. The van der Waals surface area contributed by atoms with E-state index >= 15 is 0 Å². The number of aromatic nitrogens is 2. The van der Waals surface area contributed by atoms with Gasteiger partial charge in [0.15, 0.2) is 0 Å². The first-order chi connectivity index (χ1) is 11.3. The highest BCUT2D eigenvalue weighted by Crippen LogP contribution is 2.28. The minimum atomic E-state index is -2.80. The first-order valence-corrected chi connectivity index (χ1v) is 7.34. The van der Waals surface area contributed by atoms with Gasteiger partial charge in [0.1, 0.15) is 12.2 Å². The average Bonchev–Trinajstić information content (AvgIpc) is 2.77. The fourth-order valence-corrected chi connectivity index (χ4v) is 2.24. The normalized spacial score (nSPS) is 10.8. The Hall–Kier alpha value is -2.48. The third kappa shape index (κ3) is 4.29. The van der Waals surface area contributed by atoms with Gasteiger partial charge in [0.05, 0.1) is 10.7 Å². The summed E-state index contributed by atoms with van der Waals surface area (Å²) in [7, 11) is 0. The predicted molar refractivity (Wildman–Crippen MR) is 86.3 cm³/mol. The van der Waals surface area contributed by atoms with Crippen LogP contribution < -0.4 is 10.6 Å². The standard InChI is InChI=1S/C15H15ClF2N4O2/c1-8-13(16)14(15(17)18)21-22(8)7-12(24)20-11-5-3-10(4-6-11)19-9(2)23/h3-6,15H,7H2,1-2H3,(H,19,23)(H,20,24). The first kappa shape index (κ1) is 17.9. The van der Waals surface area contributed by atoms with E-state index in [2.05, 4.69) is 15.7 Å². The Morgan fingerprint density at radius 1 is 1.21 bits per heavy atom. The summed E-state index contributed by atoms with van der Waals surface area (Å²) >= 11 is 5.78. The number of halogens is 3. The van der Waals surface area contributed by atoms with Gasteiger partial charge in [-0.25, -0.2) is 8.78 Å². The van der Waals surface area contributed by atoms with E-state index in [0.29, 0.717) is 17.1 Å². The van der Waals surface area contributed by atoms with Crippen molar-refractivity contribution in [1.82, 2.24) is 9.78 Å². The maximum Gasteiger partial charge on any atom is 0.283 e. The Kier molecular flexibility index (Phi) is 5.50. The van der Waals surface area contributed by atoms with Crippen molar-refractivity contribution in [3.63, 3.8) is 0 Å². The Balaban J connectivity index is 2.03. The van der Waals surface area contributed by atoms with E-state index in [0.717, 1.165) is 4.68 Å². The molecular weight excluding hydrogens is 342 g/mol. The minimum absolute atomic E-state index is 0.141. The molecule has 0 saturated carbocycles. The molecule has 0 aliphatic heterocycles. The van der Waals surface area contributed by atoms with Crippen LogP contribution in [0, 0.1) is 6.92 Å². The van der Waals surface area contributed by atoms with Gasteiger partial charge in [0, 0.05) is 18.3 Å². The van der Waals surface area contributed by atoms with Crippen LogP contribution in [-0.2, 0) is 16.1 Å². The van der Waals surface area contributed by atoms with E-state index in [-0.39, 0.29) is 17.5 Å². The van der Waals surface area contributed by atoms with Crippen LogP contribution in [0.25, 0.3) is 0 Å². The lowest BCUT2D eigenvalue weighted by Gasteiger charge is -2.08. The number of carbonyl (C=O) groups excluding carboxylic acids is 2. The third-order valence-electron chi connectivity index (χ3n) is 3.15. The Bertz CT molecular complexity index is 760. The van der Waals surface area contributed by atoms with E-state index in [1.807, 2.05) is 0 Å². The molecule has 2 rings (SSSR count). The van der Waals surface area contributed by atoms with Crippen molar-refractivity contribution in [3.05, 3.63) is 40.7 Å². The van der Waals surface area contributed by atoms with Crippen LogP contribution in [0.4, 0.5) is 20.2 Å². The molecule has 0 saturated heterocycles. The summed E-state index contributed by atoms with van der Waals surface area (Å²) in [6.45, 7) is 2.66. The fourth-order valence-electron chi connectivity index (χ4n) is 2.02. The molecule has 0 unspecified atom stereocenters. The van der Waals surface area contributed by atoms with Crippen molar-refractivity contribution in [2.75, 3.05) is 10.6 Å². The molecule has 1 aromatic heterocycles. The zero-order chi connectivity index (χ0) is 17.9. The second kappa shape index (κ2) is 7.39. The summed E-state index contributed by atoms with van der Waals surface area (Å²) in [6.07, 6.45) is -2.80. The lowest BCUT2D eigenvalue weighted by atomic mass is 10.2. The first-order valence-electron chi connectivity index (χ1n) is 6.96. The van der Waals surface area contributed by atoms with Gasteiger partial charge in [0.2, 0.25) is 11.8 Å². The highest BCUT2D eigenvalue weighted by molar-refractivity contribution is 6.31. The molecule has 0 fully saturated rings. The number of hydrogen-bond acceptors (Lipinski definition) is 3. The average molecular weight is 357 g/mol. The summed E-state index contributed by atoms with van der Waals surface area (Å²) < 4.78 is 26.6. The Labute approximate surface area is 141 Å². The summed E-state index contributed by atoms with van der Waals surface area (Å²) in [6, 6.07) is 6.47. The highest BCUT2D eigenvalue weighted by atomic mass is 35.5. The van der Waals surface area contributed by atoms with E-state index in [4.69, 9.17) is 11.6 Å². The second-order valence-electron chi connectivity index (χ2n) is 5.05. The molecule has 0 radical (unpaired) electrons. The molecule has 128 valence electrons. The van der Waals surface area contributed by atoms with Crippen molar-refractivity contribution in [2.45, 2.75) is 26.8 Å².